The minimum atomic E-state index is -0.535. The molecule has 15 heteroatoms. The van der Waals surface area contributed by atoms with E-state index in [1.165, 1.54) is 24.5 Å². The van der Waals surface area contributed by atoms with Gasteiger partial charge in [0.2, 0.25) is 0 Å². The highest BCUT2D eigenvalue weighted by molar-refractivity contribution is 7.22. The van der Waals surface area contributed by atoms with Crippen molar-refractivity contribution in [1.82, 2.24) is 30.4 Å². The van der Waals surface area contributed by atoms with E-state index in [9.17, 15) is 9.18 Å². The van der Waals surface area contributed by atoms with Gasteiger partial charge in [0, 0.05) is 34.5 Å². The summed E-state index contributed by atoms with van der Waals surface area (Å²) in [5.74, 6) is 6.38. The Kier molecular flexibility index (Phi) is 12.3. The Morgan fingerprint density at radius 1 is 1.13 bits per heavy atom. The molecule has 0 saturated heterocycles. The number of rotatable bonds is 14. The molecular weight excluding hydrogens is 704 g/mol. The molecule has 12 nitrogen and oxygen atoms in total. The normalized spacial score (nSPS) is 13.9. The van der Waals surface area contributed by atoms with Crippen molar-refractivity contribution in [2.45, 2.75) is 32.3 Å². The van der Waals surface area contributed by atoms with Crippen LogP contribution < -0.4 is 20.3 Å². The van der Waals surface area contributed by atoms with Gasteiger partial charge in [-0.25, -0.2) is 19.2 Å². The molecule has 0 aliphatic carbocycles. The third-order valence-electron chi connectivity index (χ3n) is 8.28. The average molecular weight is 745 g/mol. The molecule has 2 N–H and O–H groups in total. The molecule has 0 fully saturated rings. The van der Waals surface area contributed by atoms with Crippen molar-refractivity contribution >= 4 is 60.8 Å². The molecule has 0 amide bonds. The van der Waals surface area contributed by atoms with E-state index in [4.69, 9.17) is 24.2 Å². The lowest BCUT2D eigenvalue weighted by Gasteiger charge is -2.34. The first-order chi connectivity index (χ1) is 25.2. The molecule has 1 unspecified atom stereocenters. The number of ether oxygens (including phenoxy) is 3. The van der Waals surface area contributed by atoms with Gasteiger partial charge in [-0.3, -0.25) is 9.80 Å². The van der Waals surface area contributed by atoms with Crippen molar-refractivity contribution in [2.24, 2.45) is 0 Å². The number of likely N-dealkylation sites (N-methyl/N-ethyl adjacent to an activating group) is 1. The van der Waals surface area contributed by atoms with Gasteiger partial charge in [-0.15, -0.1) is 21.5 Å². The van der Waals surface area contributed by atoms with E-state index >= 15 is 0 Å². The number of halogens is 1. The minimum Gasteiger partial charge on any atom is -0.491 e. The van der Waals surface area contributed by atoms with Crippen LogP contribution in [-0.4, -0.2) is 98.2 Å². The molecule has 2 aromatic carbocycles. The number of nitrogens with one attached hydrogen (secondary N) is 2. The topological polar surface area (TPSA) is 127 Å². The fraction of sp³-hybridized carbons (Fsp3) is 0.378. The first-order valence-electron chi connectivity index (χ1n) is 16.9. The predicted octanol–water partition coefficient (Wildman–Crippen LogP) is 5.74. The molecule has 52 heavy (non-hydrogen) atoms. The van der Waals surface area contributed by atoms with Gasteiger partial charge in [0.15, 0.2) is 39.2 Å². The van der Waals surface area contributed by atoms with Crippen LogP contribution in [0, 0.1) is 24.6 Å². The minimum absolute atomic E-state index is 0.150. The van der Waals surface area contributed by atoms with E-state index in [2.05, 4.69) is 32.7 Å². The number of thiazole rings is 2. The number of aryl methyl sites for hydroxylation is 1. The number of aromatic nitrogens is 4. The summed E-state index contributed by atoms with van der Waals surface area (Å²) in [6, 6.07) is 12.7. The average Bonchev–Trinajstić information content (AvgIpc) is 3.75. The van der Waals surface area contributed by atoms with Crippen LogP contribution in [-0.2, 0) is 22.3 Å². The fourth-order valence-electron chi connectivity index (χ4n) is 5.63. The summed E-state index contributed by atoms with van der Waals surface area (Å²) in [6.07, 6.45) is 1.45. The number of benzene rings is 2. The van der Waals surface area contributed by atoms with E-state index in [-0.39, 0.29) is 24.2 Å². The molecule has 1 aliphatic rings. The summed E-state index contributed by atoms with van der Waals surface area (Å²) < 4.78 is 33.0. The predicted molar refractivity (Wildman–Crippen MR) is 203 cm³/mol. The molecule has 5 aromatic rings. The van der Waals surface area contributed by atoms with Crippen molar-refractivity contribution < 1.29 is 23.4 Å². The van der Waals surface area contributed by atoms with Crippen LogP contribution in [0.2, 0.25) is 0 Å². The fourth-order valence-corrected chi connectivity index (χ4v) is 7.60. The van der Waals surface area contributed by atoms with Crippen molar-refractivity contribution in [3.8, 4) is 17.6 Å². The number of esters is 1. The molecule has 0 radical (unpaired) electrons. The summed E-state index contributed by atoms with van der Waals surface area (Å²) >= 11 is 2.94. The second kappa shape index (κ2) is 17.2. The number of para-hydroxylation sites is 1. The van der Waals surface area contributed by atoms with Crippen molar-refractivity contribution in [1.29, 1.82) is 0 Å². The lowest BCUT2D eigenvalue weighted by atomic mass is 9.99. The molecule has 1 atom stereocenters. The Morgan fingerprint density at radius 2 is 1.98 bits per heavy atom. The summed E-state index contributed by atoms with van der Waals surface area (Å²) in [6.45, 7) is 4.54. The van der Waals surface area contributed by atoms with Gasteiger partial charge in [-0.1, -0.05) is 35.3 Å². The van der Waals surface area contributed by atoms with Gasteiger partial charge in [0.05, 0.1) is 49.7 Å². The first kappa shape index (κ1) is 37.1. The maximum atomic E-state index is 14.8. The maximum Gasteiger partial charge on any atom is 0.357 e. The van der Waals surface area contributed by atoms with Crippen LogP contribution in [0.3, 0.4) is 0 Å². The second-order valence-electron chi connectivity index (χ2n) is 12.4. The smallest absolute Gasteiger partial charge is 0.357 e. The molecule has 0 spiro atoms. The quantitative estimate of drug-likeness (QED) is 0.0818. The Morgan fingerprint density at radius 3 is 2.75 bits per heavy atom. The number of carbonyl (C=O) groups excluding carboxylic acids is 1. The number of hydrogen-bond donors (Lipinski definition) is 2. The van der Waals surface area contributed by atoms with E-state index in [0.717, 1.165) is 31.4 Å². The van der Waals surface area contributed by atoms with Crippen LogP contribution >= 0.6 is 22.7 Å². The molecule has 4 heterocycles. The molecular formula is C37H41FN8O4S2. The zero-order chi connectivity index (χ0) is 36.6. The highest BCUT2D eigenvalue weighted by atomic mass is 32.1. The van der Waals surface area contributed by atoms with E-state index in [1.807, 2.05) is 62.1 Å². The van der Waals surface area contributed by atoms with Crippen LogP contribution in [0.4, 0.5) is 26.3 Å². The second-order valence-corrected chi connectivity index (χ2v) is 14.5. The maximum absolute atomic E-state index is 14.8. The van der Waals surface area contributed by atoms with Crippen LogP contribution in [0.1, 0.15) is 38.5 Å². The molecule has 0 bridgehead atoms. The standard InChI is InChI=1S/C37H41FN8O4S2/c1-23-26-21-25(49-19-16-39-2)22-46(34(26)44-43-33(23)42-36-40-28-11-6-7-12-30(28)51-36)37-41-32(35(47)48-5)31(52-37)13-9-18-50-29-15-14-24(20-27(29)38)10-8-17-45(3)4/h6-7,11-12,14-15,20,25,39H,9,13,16-19,21-22H2,1-5H3,(H,40,42,43). The van der Waals surface area contributed by atoms with Gasteiger partial charge in [0.1, 0.15) is 0 Å². The third-order valence-corrected chi connectivity index (χ3v) is 10.4. The molecule has 1 aliphatic heterocycles. The van der Waals surface area contributed by atoms with E-state index < -0.39 is 11.8 Å². The van der Waals surface area contributed by atoms with Crippen molar-refractivity contribution in [2.75, 3.05) is 71.3 Å². The van der Waals surface area contributed by atoms with Crippen LogP contribution in [0.5, 0.6) is 5.75 Å². The third kappa shape index (κ3) is 8.83. The number of hydrogen-bond acceptors (Lipinski definition) is 14. The Labute approximate surface area is 310 Å². The zero-order valence-electron chi connectivity index (χ0n) is 29.8. The SMILES string of the molecule is CNCCOC1Cc2c(nnc(Nc3nc4ccccc4s3)c2C)N(c2nc(C(=O)OC)c(CCCOc3ccc(C#CCN(C)C)cc3F)s2)C1. The monoisotopic (exact) mass is 744 g/mol. The Balaban J connectivity index is 1.21. The van der Waals surface area contributed by atoms with E-state index in [1.54, 1.807) is 23.5 Å². The highest BCUT2D eigenvalue weighted by Gasteiger charge is 2.33. The van der Waals surface area contributed by atoms with Crippen LogP contribution in [0.15, 0.2) is 42.5 Å². The Bertz CT molecular complexity index is 2060. The Hall–Kier alpha value is -4.72. The lowest BCUT2D eigenvalue weighted by molar-refractivity contribution is 0.0591. The van der Waals surface area contributed by atoms with Crippen molar-refractivity contribution in [3.05, 3.63) is 75.5 Å². The molecule has 0 saturated carbocycles. The molecule has 3 aromatic heterocycles. The molecule has 272 valence electrons. The van der Waals surface area contributed by atoms with E-state index in [0.29, 0.717) is 67.8 Å². The summed E-state index contributed by atoms with van der Waals surface area (Å²) in [5, 5.41) is 17.1. The zero-order valence-corrected chi connectivity index (χ0v) is 31.4. The largest absolute Gasteiger partial charge is 0.491 e. The first-order valence-corrected chi connectivity index (χ1v) is 18.5. The van der Waals surface area contributed by atoms with Gasteiger partial charge >= 0.3 is 5.97 Å². The number of methoxy groups -OCH3 is 1. The lowest BCUT2D eigenvalue weighted by Crippen LogP contribution is -2.39. The number of carbonyl (C=O) groups is 1. The highest BCUT2D eigenvalue weighted by Crippen LogP contribution is 2.40. The van der Waals surface area contributed by atoms with Gasteiger partial charge < -0.3 is 24.8 Å². The summed E-state index contributed by atoms with van der Waals surface area (Å²) in [4.78, 5) is 27.1. The van der Waals surface area contributed by atoms with Crippen molar-refractivity contribution in [3.63, 3.8) is 0 Å². The number of anilines is 4. The number of nitrogens with zero attached hydrogens (tertiary/aromatic N) is 6. The van der Waals surface area contributed by atoms with Gasteiger partial charge in [0.25, 0.3) is 0 Å². The van der Waals surface area contributed by atoms with Crippen LogP contribution in [0.25, 0.3) is 10.2 Å². The van der Waals surface area contributed by atoms with Gasteiger partial charge in [-0.2, -0.15) is 0 Å². The number of fused-ring (bicyclic) bond motifs is 2. The summed E-state index contributed by atoms with van der Waals surface area (Å²) in [5.41, 5.74) is 3.63. The molecule has 6 rings (SSSR count). The summed E-state index contributed by atoms with van der Waals surface area (Å²) in [7, 11) is 7.07. The van der Waals surface area contributed by atoms with Gasteiger partial charge in [-0.05, 0) is 71.2 Å².